The Hall–Kier alpha value is -4.52. The summed E-state index contributed by atoms with van der Waals surface area (Å²) in [7, 11) is 3.88. The van der Waals surface area contributed by atoms with Crippen molar-refractivity contribution in [3.05, 3.63) is 54.0 Å². The van der Waals surface area contributed by atoms with E-state index in [1.165, 1.54) is 6.07 Å². The Morgan fingerprint density at radius 1 is 1.21 bits per heavy atom. The first-order valence-corrected chi connectivity index (χ1v) is 12.6. The first-order chi connectivity index (χ1) is 18.2. The van der Waals surface area contributed by atoms with Gasteiger partial charge in [-0.05, 0) is 48.6 Å². The number of carboxylic acids is 1. The molecule has 1 aromatic carbocycles. The van der Waals surface area contributed by atoms with Crippen LogP contribution >= 0.6 is 0 Å². The number of carboxylic acid groups (broad SMARTS) is 1. The molecule has 0 amide bonds. The smallest absolute Gasteiger partial charge is 0.354 e. The summed E-state index contributed by atoms with van der Waals surface area (Å²) in [6.45, 7) is 5.24. The van der Waals surface area contributed by atoms with Crippen molar-refractivity contribution >= 4 is 34.8 Å². The number of hydrogen-bond donors (Lipinski definition) is 3. The molecule has 1 saturated heterocycles. The molecule has 0 saturated carbocycles. The average molecular weight is 513 g/mol. The molecule has 3 aromatic rings. The fourth-order valence-corrected chi connectivity index (χ4v) is 4.36. The van der Waals surface area contributed by atoms with E-state index in [-0.39, 0.29) is 23.3 Å². The van der Waals surface area contributed by atoms with Gasteiger partial charge in [0.05, 0.1) is 6.07 Å². The summed E-state index contributed by atoms with van der Waals surface area (Å²) >= 11 is 0. The topological polar surface area (TPSA) is 142 Å². The molecule has 4 rings (SSSR count). The van der Waals surface area contributed by atoms with Crippen LogP contribution in [-0.4, -0.2) is 58.9 Å². The predicted molar refractivity (Wildman–Crippen MR) is 148 cm³/mol. The number of nitrogens with zero attached hydrogens (tertiary/aromatic N) is 6. The van der Waals surface area contributed by atoms with Gasteiger partial charge in [0, 0.05) is 73.7 Å². The van der Waals surface area contributed by atoms with Crippen LogP contribution in [0.25, 0.3) is 11.1 Å². The number of nitriles is 1. The summed E-state index contributed by atoms with van der Waals surface area (Å²) in [6, 6.07) is 11.5. The van der Waals surface area contributed by atoms with Gasteiger partial charge in [-0.2, -0.15) is 5.26 Å². The van der Waals surface area contributed by atoms with Crippen molar-refractivity contribution in [1.82, 2.24) is 15.0 Å². The van der Waals surface area contributed by atoms with Gasteiger partial charge >= 0.3 is 5.97 Å². The van der Waals surface area contributed by atoms with Gasteiger partial charge in [0.2, 0.25) is 5.95 Å². The summed E-state index contributed by atoms with van der Waals surface area (Å²) in [5, 5.41) is 31.2. The second-order valence-electron chi connectivity index (χ2n) is 9.88. The van der Waals surface area contributed by atoms with E-state index in [0.717, 1.165) is 24.2 Å². The standard InChI is InChI=1S/C28H32N8O2/c1-17(2)25(30)24-22(19-15-31-28(32-16-19)36-10-8-18(14-29)9-11-36)13-23(27(37)38)34-26(24)33-20-6-5-7-21(12-20)35(3)4/h5-7,12-13,15-18,30H,8-11H2,1-4H3,(H,33,34)(H,37,38). The van der Waals surface area contributed by atoms with Crippen LogP contribution in [0.3, 0.4) is 0 Å². The second-order valence-corrected chi connectivity index (χ2v) is 9.88. The summed E-state index contributed by atoms with van der Waals surface area (Å²) in [6.07, 6.45) is 4.86. The number of nitrogens with one attached hydrogen (secondary N) is 2. The zero-order valence-corrected chi connectivity index (χ0v) is 22.1. The van der Waals surface area contributed by atoms with E-state index in [1.807, 2.05) is 57.1 Å². The Morgan fingerprint density at radius 2 is 1.89 bits per heavy atom. The Labute approximate surface area is 222 Å². The van der Waals surface area contributed by atoms with E-state index in [9.17, 15) is 9.90 Å². The number of benzene rings is 1. The molecule has 3 N–H and O–H groups in total. The van der Waals surface area contributed by atoms with Crippen molar-refractivity contribution in [2.45, 2.75) is 26.7 Å². The largest absolute Gasteiger partial charge is 0.477 e. The van der Waals surface area contributed by atoms with Crippen LogP contribution in [0, 0.1) is 28.6 Å². The lowest BCUT2D eigenvalue weighted by atomic mass is 9.92. The molecule has 0 atom stereocenters. The quantitative estimate of drug-likeness (QED) is 0.362. The van der Waals surface area contributed by atoms with Crippen molar-refractivity contribution in [3.8, 4) is 17.2 Å². The zero-order chi connectivity index (χ0) is 27.4. The molecule has 0 unspecified atom stereocenters. The summed E-state index contributed by atoms with van der Waals surface area (Å²) in [4.78, 5) is 29.6. The molecule has 10 heteroatoms. The number of hydrogen-bond acceptors (Lipinski definition) is 9. The maximum atomic E-state index is 12.0. The van der Waals surface area contributed by atoms with E-state index < -0.39 is 5.97 Å². The van der Waals surface area contributed by atoms with E-state index in [1.54, 1.807) is 12.4 Å². The lowest BCUT2D eigenvalue weighted by molar-refractivity contribution is 0.0690. The molecule has 0 bridgehead atoms. The lowest BCUT2D eigenvalue weighted by Crippen LogP contribution is -2.34. The Kier molecular flexibility index (Phi) is 7.86. The first-order valence-electron chi connectivity index (χ1n) is 12.6. The molecule has 3 heterocycles. The van der Waals surface area contributed by atoms with Gasteiger partial charge in [-0.1, -0.05) is 19.9 Å². The maximum Gasteiger partial charge on any atom is 0.354 e. The fourth-order valence-electron chi connectivity index (χ4n) is 4.36. The molecule has 2 aromatic heterocycles. The van der Waals surface area contributed by atoms with Gasteiger partial charge in [-0.25, -0.2) is 19.7 Å². The molecular formula is C28H32N8O2. The molecule has 10 nitrogen and oxygen atoms in total. The minimum atomic E-state index is -1.17. The van der Waals surface area contributed by atoms with Gasteiger partial charge < -0.3 is 25.6 Å². The number of carbonyl (C=O) groups is 1. The molecule has 0 radical (unpaired) electrons. The predicted octanol–water partition coefficient (Wildman–Crippen LogP) is 4.81. The third-order valence-corrected chi connectivity index (χ3v) is 6.62. The van der Waals surface area contributed by atoms with Crippen LogP contribution < -0.4 is 15.1 Å². The van der Waals surface area contributed by atoms with E-state index in [0.29, 0.717) is 41.4 Å². The zero-order valence-electron chi connectivity index (χ0n) is 22.1. The Bertz CT molecular complexity index is 1370. The Balaban J connectivity index is 1.78. The molecule has 1 fully saturated rings. The summed E-state index contributed by atoms with van der Waals surface area (Å²) in [5.41, 5.74) is 3.49. The summed E-state index contributed by atoms with van der Waals surface area (Å²) < 4.78 is 0. The normalized spacial score (nSPS) is 13.7. The van der Waals surface area contributed by atoms with Gasteiger partial charge in [0.1, 0.15) is 5.82 Å². The molecule has 1 aliphatic heterocycles. The third-order valence-electron chi connectivity index (χ3n) is 6.62. The fraction of sp³-hybridized carbons (Fsp3) is 0.357. The minimum absolute atomic E-state index is 0.0609. The number of rotatable bonds is 8. The Morgan fingerprint density at radius 3 is 2.47 bits per heavy atom. The number of aromatic nitrogens is 3. The van der Waals surface area contributed by atoms with Gasteiger partial charge in [0.15, 0.2) is 5.69 Å². The van der Waals surface area contributed by atoms with Crippen molar-refractivity contribution in [2.24, 2.45) is 11.8 Å². The molecule has 196 valence electrons. The minimum Gasteiger partial charge on any atom is -0.477 e. The molecule has 38 heavy (non-hydrogen) atoms. The maximum absolute atomic E-state index is 12.0. The number of aromatic carboxylic acids is 1. The molecular weight excluding hydrogens is 480 g/mol. The number of pyridine rings is 1. The van der Waals surface area contributed by atoms with E-state index >= 15 is 0 Å². The average Bonchev–Trinajstić information content (AvgIpc) is 2.92. The van der Waals surface area contributed by atoms with Crippen LogP contribution in [0.2, 0.25) is 0 Å². The van der Waals surface area contributed by atoms with Crippen molar-refractivity contribution in [3.63, 3.8) is 0 Å². The molecule has 0 aliphatic carbocycles. The highest BCUT2D eigenvalue weighted by Crippen LogP contribution is 2.33. The van der Waals surface area contributed by atoms with Crippen LogP contribution in [0.15, 0.2) is 42.7 Å². The highest BCUT2D eigenvalue weighted by Gasteiger charge is 2.24. The highest BCUT2D eigenvalue weighted by atomic mass is 16.4. The molecule has 1 aliphatic rings. The van der Waals surface area contributed by atoms with Crippen molar-refractivity contribution in [2.75, 3.05) is 42.3 Å². The van der Waals surface area contributed by atoms with Gasteiger partial charge in [0.25, 0.3) is 0 Å². The van der Waals surface area contributed by atoms with E-state index in [2.05, 4.69) is 31.2 Å². The lowest BCUT2D eigenvalue weighted by Gasteiger charge is -2.29. The third kappa shape index (κ3) is 5.72. The monoisotopic (exact) mass is 512 g/mol. The van der Waals surface area contributed by atoms with Crippen molar-refractivity contribution in [1.29, 1.82) is 10.7 Å². The van der Waals surface area contributed by atoms with Gasteiger partial charge in [-0.15, -0.1) is 0 Å². The van der Waals surface area contributed by atoms with Gasteiger partial charge in [-0.3, -0.25) is 0 Å². The van der Waals surface area contributed by atoms with Crippen LogP contribution in [-0.2, 0) is 0 Å². The van der Waals surface area contributed by atoms with Crippen LogP contribution in [0.4, 0.5) is 23.1 Å². The van der Waals surface area contributed by atoms with E-state index in [4.69, 9.17) is 10.7 Å². The molecule has 0 spiro atoms. The van der Waals surface area contributed by atoms with Crippen molar-refractivity contribution < 1.29 is 9.90 Å². The number of piperidine rings is 1. The van der Waals surface area contributed by atoms with Crippen LogP contribution in [0.1, 0.15) is 42.7 Å². The summed E-state index contributed by atoms with van der Waals surface area (Å²) in [5.74, 6) is -0.391. The SMILES string of the molecule is CC(C)C(=N)c1c(-c2cnc(N3CCC(C#N)CC3)nc2)cc(C(=O)O)nc1Nc1cccc(N(C)C)c1. The first kappa shape index (κ1) is 26.5. The van der Waals surface area contributed by atoms with Crippen LogP contribution in [0.5, 0.6) is 0 Å². The highest BCUT2D eigenvalue weighted by molar-refractivity contribution is 6.10. The second kappa shape index (κ2) is 11.3. The number of anilines is 4.